The van der Waals surface area contributed by atoms with Gasteiger partial charge in [0.15, 0.2) is 6.61 Å². The molecule has 0 aliphatic carbocycles. The molecule has 0 saturated carbocycles. The Morgan fingerprint density at radius 2 is 1.62 bits per heavy atom. The van der Waals surface area contributed by atoms with Crippen LogP contribution < -0.4 is 20.8 Å². The molecule has 3 N–H and O–H groups in total. The number of aryl methyl sites for hydroxylation is 1. The topological polar surface area (TPSA) is 109 Å². The van der Waals surface area contributed by atoms with Crippen molar-refractivity contribution in [1.29, 1.82) is 0 Å². The summed E-state index contributed by atoms with van der Waals surface area (Å²) in [5.74, 6) is -1.75. The van der Waals surface area contributed by atoms with Gasteiger partial charge in [-0.15, -0.1) is 0 Å². The zero-order valence-electron chi connectivity index (χ0n) is 18.4. The molecule has 0 heterocycles. The Hall–Kier alpha value is -4.17. The first-order valence-corrected chi connectivity index (χ1v) is 10.8. The lowest BCUT2D eigenvalue weighted by Crippen LogP contribution is -2.32. The molecule has 174 valence electrons. The molecule has 0 aliphatic heterocycles. The lowest BCUT2D eigenvalue weighted by molar-refractivity contribution is -0.136. The molecule has 0 saturated heterocycles. The number of halogens is 1. The number of hydrogen-bond donors (Lipinski definition) is 3. The van der Waals surface area contributed by atoms with Gasteiger partial charge in [-0.3, -0.25) is 14.4 Å². The molecule has 34 heavy (non-hydrogen) atoms. The zero-order chi connectivity index (χ0) is 24.3. The average Bonchev–Trinajstić information content (AvgIpc) is 2.84. The molecule has 0 unspecified atom stereocenters. The van der Waals surface area contributed by atoms with Gasteiger partial charge < -0.3 is 15.4 Å². The van der Waals surface area contributed by atoms with Crippen molar-refractivity contribution in [3.63, 3.8) is 0 Å². The monoisotopic (exact) mass is 478 g/mol. The van der Waals surface area contributed by atoms with Crippen molar-refractivity contribution < 1.29 is 19.1 Å². The van der Waals surface area contributed by atoms with Gasteiger partial charge in [-0.25, -0.2) is 5.43 Å². The normalized spacial score (nSPS) is 10.5. The number of carbonyl (C=O) groups excluding carboxylic acids is 3. The summed E-state index contributed by atoms with van der Waals surface area (Å²) in [5.41, 5.74) is 5.02. The molecular formula is C25H23ClN4O4. The van der Waals surface area contributed by atoms with Crippen LogP contribution in [0.4, 0.5) is 11.4 Å². The van der Waals surface area contributed by atoms with Crippen LogP contribution in [0, 0.1) is 0 Å². The van der Waals surface area contributed by atoms with E-state index < -0.39 is 11.8 Å². The second-order valence-corrected chi connectivity index (χ2v) is 7.50. The third kappa shape index (κ3) is 7.46. The Morgan fingerprint density at radius 3 is 2.29 bits per heavy atom. The van der Waals surface area contributed by atoms with Gasteiger partial charge in [0.25, 0.3) is 5.91 Å². The molecule has 0 aromatic heterocycles. The highest BCUT2D eigenvalue weighted by Gasteiger charge is 2.13. The molecule has 8 nitrogen and oxygen atoms in total. The van der Waals surface area contributed by atoms with Crippen LogP contribution in [-0.2, 0) is 20.8 Å². The van der Waals surface area contributed by atoms with Crippen LogP contribution >= 0.6 is 11.6 Å². The lowest BCUT2D eigenvalue weighted by Gasteiger charge is -2.09. The number of benzene rings is 3. The van der Waals surface area contributed by atoms with Gasteiger partial charge in [0.1, 0.15) is 5.75 Å². The average molecular weight is 479 g/mol. The van der Waals surface area contributed by atoms with Gasteiger partial charge in [0.05, 0.1) is 11.2 Å². The number of nitrogens with one attached hydrogen (secondary N) is 3. The van der Waals surface area contributed by atoms with Crippen molar-refractivity contribution in [1.82, 2.24) is 5.43 Å². The van der Waals surface area contributed by atoms with E-state index in [1.165, 1.54) is 6.21 Å². The molecule has 0 radical (unpaired) electrons. The lowest BCUT2D eigenvalue weighted by atomic mass is 10.1. The van der Waals surface area contributed by atoms with Gasteiger partial charge in [0, 0.05) is 11.4 Å². The fourth-order valence-corrected chi connectivity index (χ4v) is 3.05. The Bertz CT molecular complexity index is 1180. The highest BCUT2D eigenvalue weighted by atomic mass is 35.5. The van der Waals surface area contributed by atoms with E-state index in [4.69, 9.17) is 16.3 Å². The van der Waals surface area contributed by atoms with Crippen LogP contribution in [0.25, 0.3) is 0 Å². The fourth-order valence-electron chi connectivity index (χ4n) is 2.80. The van der Waals surface area contributed by atoms with Crippen molar-refractivity contribution >= 4 is 46.9 Å². The van der Waals surface area contributed by atoms with Gasteiger partial charge in [-0.2, -0.15) is 5.10 Å². The number of hydrogen-bond acceptors (Lipinski definition) is 5. The van der Waals surface area contributed by atoms with E-state index in [1.807, 2.05) is 37.3 Å². The van der Waals surface area contributed by atoms with Crippen LogP contribution in [0.5, 0.6) is 5.75 Å². The molecule has 3 aromatic rings. The highest BCUT2D eigenvalue weighted by Crippen LogP contribution is 2.25. The maximum atomic E-state index is 12.0. The molecule has 0 fully saturated rings. The van der Waals surface area contributed by atoms with Crippen LogP contribution in [0.2, 0.25) is 5.02 Å². The minimum Gasteiger partial charge on any atom is -0.482 e. The summed E-state index contributed by atoms with van der Waals surface area (Å²) in [6.45, 7) is 1.81. The van der Waals surface area contributed by atoms with E-state index in [0.717, 1.165) is 12.0 Å². The molecule has 0 spiro atoms. The van der Waals surface area contributed by atoms with E-state index in [9.17, 15) is 14.4 Å². The fraction of sp³-hybridized carbons (Fsp3) is 0.120. The Morgan fingerprint density at radius 1 is 0.912 bits per heavy atom. The van der Waals surface area contributed by atoms with Crippen LogP contribution in [0.15, 0.2) is 77.9 Å². The molecule has 3 amide bonds. The maximum Gasteiger partial charge on any atom is 0.329 e. The first-order valence-electron chi connectivity index (χ1n) is 10.4. The Kier molecular flexibility index (Phi) is 8.76. The number of para-hydroxylation sites is 1. The second kappa shape index (κ2) is 12.2. The summed E-state index contributed by atoms with van der Waals surface area (Å²) < 4.78 is 5.46. The Labute approximate surface area is 202 Å². The SMILES string of the molecule is CCc1ccc(NC(=O)C(=O)N/N=C\c2ccc(OCC(=O)Nc3ccccc3)c(Cl)c2)cc1. The summed E-state index contributed by atoms with van der Waals surface area (Å²) in [5, 5.41) is 9.25. The summed E-state index contributed by atoms with van der Waals surface area (Å²) >= 11 is 6.21. The number of rotatable bonds is 8. The Balaban J connectivity index is 1.47. The summed E-state index contributed by atoms with van der Waals surface area (Å²) in [6, 6.07) is 21.0. The van der Waals surface area contributed by atoms with Gasteiger partial charge in [0.2, 0.25) is 0 Å². The van der Waals surface area contributed by atoms with Crippen molar-refractivity contribution in [2.75, 3.05) is 17.2 Å². The second-order valence-electron chi connectivity index (χ2n) is 7.10. The van der Waals surface area contributed by atoms with E-state index in [2.05, 4.69) is 21.2 Å². The van der Waals surface area contributed by atoms with Gasteiger partial charge >= 0.3 is 11.8 Å². The van der Waals surface area contributed by atoms with Crippen LogP contribution in [0.3, 0.4) is 0 Å². The molecule has 3 aromatic carbocycles. The highest BCUT2D eigenvalue weighted by molar-refractivity contribution is 6.39. The molecule has 0 atom stereocenters. The van der Waals surface area contributed by atoms with Crippen molar-refractivity contribution in [3.05, 3.63) is 88.9 Å². The smallest absolute Gasteiger partial charge is 0.329 e. The maximum absolute atomic E-state index is 12.0. The number of nitrogens with zero attached hydrogens (tertiary/aromatic N) is 1. The van der Waals surface area contributed by atoms with E-state index in [1.54, 1.807) is 42.5 Å². The van der Waals surface area contributed by atoms with Crippen molar-refractivity contribution in [2.45, 2.75) is 13.3 Å². The van der Waals surface area contributed by atoms with E-state index in [-0.39, 0.29) is 17.5 Å². The number of ether oxygens (including phenoxy) is 1. The summed E-state index contributed by atoms with van der Waals surface area (Å²) in [4.78, 5) is 35.9. The van der Waals surface area contributed by atoms with E-state index in [0.29, 0.717) is 22.7 Å². The summed E-state index contributed by atoms with van der Waals surface area (Å²) in [7, 11) is 0. The van der Waals surface area contributed by atoms with Crippen LogP contribution in [-0.4, -0.2) is 30.5 Å². The molecule has 3 rings (SSSR count). The first kappa shape index (κ1) is 24.5. The number of hydrazone groups is 1. The number of amides is 3. The quantitative estimate of drug-likeness (QED) is 0.258. The van der Waals surface area contributed by atoms with Crippen molar-refractivity contribution in [2.24, 2.45) is 5.10 Å². The van der Waals surface area contributed by atoms with Gasteiger partial charge in [-0.05, 0) is 60.0 Å². The first-order chi connectivity index (χ1) is 16.4. The molecule has 0 bridgehead atoms. The zero-order valence-corrected chi connectivity index (χ0v) is 19.1. The third-order valence-electron chi connectivity index (χ3n) is 4.58. The predicted molar refractivity (Wildman–Crippen MR) is 132 cm³/mol. The molecular weight excluding hydrogens is 456 g/mol. The minimum atomic E-state index is -0.911. The largest absolute Gasteiger partial charge is 0.482 e. The standard InChI is InChI=1S/C25H23ClN4O4/c1-2-17-8-11-20(12-9-17)29-24(32)25(33)30-27-15-18-10-13-22(21(26)14-18)34-16-23(31)28-19-6-4-3-5-7-19/h3-15H,2,16H2,1H3,(H,28,31)(H,29,32)(H,30,33)/b27-15-. The number of anilines is 2. The third-order valence-corrected chi connectivity index (χ3v) is 4.87. The number of carbonyl (C=O) groups is 3. The predicted octanol–water partition coefficient (Wildman–Crippen LogP) is 4.01. The molecule has 9 heteroatoms. The minimum absolute atomic E-state index is 0.214. The van der Waals surface area contributed by atoms with E-state index >= 15 is 0 Å². The van der Waals surface area contributed by atoms with Crippen LogP contribution in [0.1, 0.15) is 18.1 Å². The van der Waals surface area contributed by atoms with Crippen molar-refractivity contribution in [3.8, 4) is 5.75 Å². The molecule has 0 aliphatic rings. The van der Waals surface area contributed by atoms with Gasteiger partial charge in [-0.1, -0.05) is 48.9 Å². The summed E-state index contributed by atoms with van der Waals surface area (Å²) in [6.07, 6.45) is 2.21.